The molecule has 19 heavy (non-hydrogen) atoms. The second-order valence-corrected chi connectivity index (χ2v) is 6.70. The largest absolute Gasteiger partial charge is 0.389 e. The van der Waals surface area contributed by atoms with Gasteiger partial charge >= 0.3 is 0 Å². The molecule has 2 atom stereocenters. The van der Waals surface area contributed by atoms with E-state index in [9.17, 15) is 5.11 Å². The zero-order chi connectivity index (χ0) is 13.9. The standard InChI is InChI=1S/C15H20BrClO2/c1-2-3-13-10-15(18,6-7-19-13)9-11-4-5-12(16)8-14(11)17/h4-5,8,13,18H,2-3,6-7,9-10H2,1H3. The summed E-state index contributed by atoms with van der Waals surface area (Å²) < 4.78 is 6.66. The van der Waals surface area contributed by atoms with Gasteiger partial charge in [0.1, 0.15) is 0 Å². The van der Waals surface area contributed by atoms with Crippen LogP contribution in [0.5, 0.6) is 0 Å². The molecule has 1 aromatic carbocycles. The van der Waals surface area contributed by atoms with Crippen molar-refractivity contribution < 1.29 is 9.84 Å². The van der Waals surface area contributed by atoms with Crippen molar-refractivity contribution in [2.45, 2.75) is 50.7 Å². The Balaban J connectivity index is 2.07. The molecule has 1 saturated heterocycles. The molecule has 0 aromatic heterocycles. The molecule has 2 nitrogen and oxygen atoms in total. The number of aliphatic hydroxyl groups is 1. The number of halogens is 2. The third-order valence-electron chi connectivity index (χ3n) is 3.67. The summed E-state index contributed by atoms with van der Waals surface area (Å²) in [5, 5.41) is 11.5. The first-order valence-corrected chi connectivity index (χ1v) is 7.97. The predicted octanol–water partition coefficient (Wildman–Crippen LogP) is 4.36. The second kappa shape index (κ2) is 6.57. The van der Waals surface area contributed by atoms with Gasteiger partial charge in [0.05, 0.1) is 11.7 Å². The lowest BCUT2D eigenvalue weighted by molar-refractivity contribution is -0.104. The monoisotopic (exact) mass is 346 g/mol. The first kappa shape index (κ1) is 15.3. The molecular weight excluding hydrogens is 328 g/mol. The summed E-state index contributed by atoms with van der Waals surface area (Å²) in [6.45, 7) is 2.78. The van der Waals surface area contributed by atoms with E-state index in [4.69, 9.17) is 16.3 Å². The van der Waals surface area contributed by atoms with Crippen LogP contribution in [0, 0.1) is 0 Å². The Kier molecular flexibility index (Phi) is 5.29. The molecule has 0 saturated carbocycles. The van der Waals surface area contributed by atoms with Crippen LogP contribution in [0.1, 0.15) is 38.2 Å². The third-order valence-corrected chi connectivity index (χ3v) is 4.52. The summed E-state index contributed by atoms with van der Waals surface area (Å²) in [4.78, 5) is 0. The van der Waals surface area contributed by atoms with Crippen LogP contribution >= 0.6 is 27.5 Å². The average molecular weight is 348 g/mol. The Morgan fingerprint density at radius 1 is 1.53 bits per heavy atom. The van der Waals surface area contributed by atoms with Crippen LogP contribution in [0.25, 0.3) is 0 Å². The predicted molar refractivity (Wildman–Crippen MR) is 81.7 cm³/mol. The first-order valence-electron chi connectivity index (χ1n) is 6.80. The lowest BCUT2D eigenvalue weighted by atomic mass is 9.83. The van der Waals surface area contributed by atoms with Crippen LogP contribution in [-0.2, 0) is 11.2 Å². The maximum atomic E-state index is 10.8. The van der Waals surface area contributed by atoms with Gasteiger partial charge < -0.3 is 9.84 Å². The molecule has 0 bridgehead atoms. The van der Waals surface area contributed by atoms with Crippen molar-refractivity contribution in [3.05, 3.63) is 33.3 Å². The Morgan fingerprint density at radius 2 is 2.32 bits per heavy atom. The molecule has 1 heterocycles. The second-order valence-electron chi connectivity index (χ2n) is 5.37. The summed E-state index contributed by atoms with van der Waals surface area (Å²) in [5.74, 6) is 0. The fourth-order valence-corrected chi connectivity index (χ4v) is 3.43. The van der Waals surface area contributed by atoms with Crippen LogP contribution in [0.2, 0.25) is 5.02 Å². The van der Waals surface area contributed by atoms with Gasteiger partial charge in [0.25, 0.3) is 0 Å². The number of benzene rings is 1. The van der Waals surface area contributed by atoms with E-state index in [1.54, 1.807) is 0 Å². The molecule has 0 spiro atoms. The molecule has 1 aliphatic heterocycles. The summed E-state index contributed by atoms with van der Waals surface area (Å²) in [7, 11) is 0. The summed E-state index contributed by atoms with van der Waals surface area (Å²) >= 11 is 9.63. The topological polar surface area (TPSA) is 29.5 Å². The Morgan fingerprint density at radius 3 is 3.00 bits per heavy atom. The highest BCUT2D eigenvalue weighted by Crippen LogP contribution is 2.33. The van der Waals surface area contributed by atoms with Crippen molar-refractivity contribution in [1.29, 1.82) is 0 Å². The van der Waals surface area contributed by atoms with Crippen molar-refractivity contribution in [2.24, 2.45) is 0 Å². The van der Waals surface area contributed by atoms with Gasteiger partial charge in [-0.2, -0.15) is 0 Å². The van der Waals surface area contributed by atoms with Crippen molar-refractivity contribution in [3.63, 3.8) is 0 Å². The lowest BCUT2D eigenvalue weighted by Crippen LogP contribution is -2.42. The van der Waals surface area contributed by atoms with Crippen LogP contribution in [-0.4, -0.2) is 23.4 Å². The van der Waals surface area contributed by atoms with Crippen LogP contribution in [0.3, 0.4) is 0 Å². The number of hydrogen-bond donors (Lipinski definition) is 1. The summed E-state index contributed by atoms with van der Waals surface area (Å²) in [5.41, 5.74) is 0.319. The highest BCUT2D eigenvalue weighted by atomic mass is 79.9. The molecule has 0 radical (unpaired) electrons. The normalized spacial score (nSPS) is 27.5. The number of rotatable bonds is 4. The number of ether oxygens (including phenoxy) is 1. The van der Waals surface area contributed by atoms with E-state index in [-0.39, 0.29) is 6.10 Å². The van der Waals surface area contributed by atoms with Gasteiger partial charge in [-0.05, 0) is 30.5 Å². The van der Waals surface area contributed by atoms with Gasteiger partial charge in [-0.15, -0.1) is 0 Å². The molecule has 1 fully saturated rings. The Bertz CT molecular complexity index is 436. The molecule has 2 unspecified atom stereocenters. The Hall–Kier alpha value is -0.0900. The SMILES string of the molecule is CCCC1CC(O)(Cc2ccc(Br)cc2Cl)CCO1. The third kappa shape index (κ3) is 4.19. The van der Waals surface area contributed by atoms with E-state index in [1.807, 2.05) is 18.2 Å². The van der Waals surface area contributed by atoms with Gasteiger partial charge in [-0.1, -0.05) is 46.9 Å². The van der Waals surface area contributed by atoms with Gasteiger partial charge in [0.15, 0.2) is 0 Å². The van der Waals surface area contributed by atoms with E-state index in [2.05, 4.69) is 22.9 Å². The molecule has 2 rings (SSSR count). The molecule has 1 aliphatic rings. The van der Waals surface area contributed by atoms with Crippen LogP contribution in [0.4, 0.5) is 0 Å². The van der Waals surface area contributed by atoms with Crippen molar-refractivity contribution >= 4 is 27.5 Å². The van der Waals surface area contributed by atoms with E-state index in [0.717, 1.165) is 22.9 Å². The number of hydrogen-bond acceptors (Lipinski definition) is 2. The lowest BCUT2D eigenvalue weighted by Gasteiger charge is -2.37. The average Bonchev–Trinajstić information content (AvgIpc) is 2.33. The smallest absolute Gasteiger partial charge is 0.0735 e. The van der Waals surface area contributed by atoms with Gasteiger partial charge in [-0.3, -0.25) is 0 Å². The molecule has 1 N–H and O–H groups in total. The van der Waals surface area contributed by atoms with Crippen molar-refractivity contribution in [3.8, 4) is 0 Å². The van der Waals surface area contributed by atoms with Gasteiger partial charge in [0.2, 0.25) is 0 Å². The van der Waals surface area contributed by atoms with Gasteiger partial charge in [0, 0.05) is 28.9 Å². The maximum Gasteiger partial charge on any atom is 0.0735 e. The molecule has 4 heteroatoms. The molecule has 1 aromatic rings. The molecular formula is C15H20BrClO2. The van der Waals surface area contributed by atoms with Gasteiger partial charge in [-0.25, -0.2) is 0 Å². The van der Waals surface area contributed by atoms with E-state index in [0.29, 0.717) is 30.9 Å². The minimum atomic E-state index is -0.685. The summed E-state index contributed by atoms with van der Waals surface area (Å²) in [6, 6.07) is 5.82. The van der Waals surface area contributed by atoms with E-state index < -0.39 is 5.60 Å². The quantitative estimate of drug-likeness (QED) is 0.877. The highest BCUT2D eigenvalue weighted by Gasteiger charge is 2.35. The minimum absolute atomic E-state index is 0.179. The van der Waals surface area contributed by atoms with E-state index >= 15 is 0 Å². The fraction of sp³-hybridized carbons (Fsp3) is 0.600. The minimum Gasteiger partial charge on any atom is -0.389 e. The summed E-state index contributed by atoms with van der Waals surface area (Å²) in [6.07, 6.45) is 4.25. The van der Waals surface area contributed by atoms with Crippen molar-refractivity contribution in [2.75, 3.05) is 6.61 Å². The zero-order valence-corrected chi connectivity index (χ0v) is 13.5. The molecule has 0 amide bonds. The van der Waals surface area contributed by atoms with Crippen LogP contribution in [0.15, 0.2) is 22.7 Å². The maximum absolute atomic E-state index is 10.8. The van der Waals surface area contributed by atoms with Crippen molar-refractivity contribution in [1.82, 2.24) is 0 Å². The highest BCUT2D eigenvalue weighted by molar-refractivity contribution is 9.10. The molecule has 106 valence electrons. The first-order chi connectivity index (χ1) is 9.02. The van der Waals surface area contributed by atoms with E-state index in [1.165, 1.54) is 0 Å². The fourth-order valence-electron chi connectivity index (χ4n) is 2.69. The Labute approximate surface area is 128 Å². The van der Waals surface area contributed by atoms with Crippen LogP contribution < -0.4 is 0 Å². The molecule has 0 aliphatic carbocycles. The zero-order valence-electron chi connectivity index (χ0n) is 11.2.